The van der Waals surface area contributed by atoms with E-state index in [0.29, 0.717) is 17.3 Å². The van der Waals surface area contributed by atoms with Gasteiger partial charge < -0.3 is 19.7 Å². The number of quaternary nitrogens is 1. The maximum Gasteiger partial charge on any atom is 0.279 e. The lowest BCUT2D eigenvalue weighted by Gasteiger charge is -2.15. The second-order valence-electron chi connectivity index (χ2n) is 6.28. The van der Waals surface area contributed by atoms with Crippen LogP contribution >= 0.6 is 11.6 Å². The number of halogens is 1. The van der Waals surface area contributed by atoms with E-state index in [-0.39, 0.29) is 5.91 Å². The number of likely N-dealkylation sites (N-methyl/N-ethyl adjacent to an activating group) is 1. The number of hydrogen-bond acceptors (Lipinski definition) is 3. The first-order valence-electron chi connectivity index (χ1n) is 8.51. The van der Waals surface area contributed by atoms with Crippen LogP contribution in [0.1, 0.15) is 11.1 Å². The van der Waals surface area contributed by atoms with E-state index in [1.54, 1.807) is 14.2 Å². The summed E-state index contributed by atoms with van der Waals surface area (Å²) in [5.74, 6) is 1.41. The molecule has 0 bridgehead atoms. The molecule has 0 fully saturated rings. The van der Waals surface area contributed by atoms with E-state index in [4.69, 9.17) is 21.1 Å². The first-order valence-corrected chi connectivity index (χ1v) is 8.89. The predicted molar refractivity (Wildman–Crippen MR) is 105 cm³/mol. The van der Waals surface area contributed by atoms with E-state index in [1.165, 1.54) is 0 Å². The van der Waals surface area contributed by atoms with Crippen LogP contribution in [-0.4, -0.2) is 40.3 Å². The van der Waals surface area contributed by atoms with Gasteiger partial charge in [-0.05, 0) is 42.3 Å². The number of benzene rings is 2. The van der Waals surface area contributed by atoms with Gasteiger partial charge in [0, 0.05) is 17.1 Å². The highest BCUT2D eigenvalue weighted by atomic mass is 35.5. The Morgan fingerprint density at radius 3 is 2.58 bits per heavy atom. The number of nitrogens with one attached hydrogen (secondary N) is 2. The van der Waals surface area contributed by atoms with Crippen LogP contribution in [0.25, 0.3) is 0 Å². The highest BCUT2D eigenvalue weighted by molar-refractivity contribution is 6.31. The average Bonchev–Trinajstić information content (AvgIpc) is 2.63. The van der Waals surface area contributed by atoms with Gasteiger partial charge in [0.05, 0.1) is 27.8 Å². The van der Waals surface area contributed by atoms with Gasteiger partial charge in [-0.2, -0.15) is 0 Å². The summed E-state index contributed by atoms with van der Waals surface area (Å²) in [6.45, 7) is 3.11. The maximum absolute atomic E-state index is 12.3. The zero-order valence-electron chi connectivity index (χ0n) is 15.7. The summed E-state index contributed by atoms with van der Waals surface area (Å²) in [5, 5.41) is 3.58. The van der Waals surface area contributed by atoms with Crippen LogP contribution in [0, 0.1) is 6.92 Å². The number of hydrogen-bond donors (Lipinski definition) is 2. The molecule has 0 heterocycles. The van der Waals surface area contributed by atoms with Gasteiger partial charge in [-0.25, -0.2) is 0 Å². The number of carbonyl (C=O) groups excluding carboxylic acids is 1. The lowest BCUT2D eigenvalue weighted by Crippen LogP contribution is -3.10. The van der Waals surface area contributed by atoms with Crippen molar-refractivity contribution in [2.24, 2.45) is 0 Å². The molecule has 2 aromatic carbocycles. The Balaban J connectivity index is 1.87. The van der Waals surface area contributed by atoms with Crippen LogP contribution in [-0.2, 0) is 11.2 Å². The Labute approximate surface area is 159 Å². The zero-order chi connectivity index (χ0) is 19.1. The summed E-state index contributed by atoms with van der Waals surface area (Å²) in [6.07, 6.45) is 0.843. The van der Waals surface area contributed by atoms with Crippen molar-refractivity contribution in [3.05, 3.63) is 52.5 Å². The van der Waals surface area contributed by atoms with E-state index < -0.39 is 0 Å². The van der Waals surface area contributed by atoms with E-state index in [9.17, 15) is 4.79 Å². The lowest BCUT2D eigenvalue weighted by atomic mass is 10.1. The molecule has 0 aliphatic heterocycles. The van der Waals surface area contributed by atoms with E-state index in [2.05, 4.69) is 5.32 Å². The topological polar surface area (TPSA) is 52.0 Å². The maximum atomic E-state index is 12.3. The third kappa shape index (κ3) is 5.38. The van der Waals surface area contributed by atoms with Crippen molar-refractivity contribution >= 4 is 23.2 Å². The summed E-state index contributed by atoms with van der Waals surface area (Å²) in [7, 11) is 5.25. The van der Waals surface area contributed by atoms with E-state index in [1.807, 2.05) is 50.4 Å². The molecule has 0 radical (unpaired) electrons. The molecular weight excluding hydrogens is 352 g/mol. The third-order valence-electron chi connectivity index (χ3n) is 4.29. The number of anilines is 1. The van der Waals surface area contributed by atoms with Crippen LogP contribution < -0.4 is 19.7 Å². The smallest absolute Gasteiger partial charge is 0.279 e. The summed E-state index contributed by atoms with van der Waals surface area (Å²) < 4.78 is 10.6. The molecule has 0 spiro atoms. The standard InChI is InChI=1S/C20H25ClN2O3/c1-14-16(21)6-5-7-17(14)22-20(24)13-23(2)11-10-15-8-9-18(25-3)19(12-15)26-4/h5-9,12H,10-11,13H2,1-4H3,(H,22,24)/p+1. The van der Waals surface area contributed by atoms with Crippen molar-refractivity contribution in [1.29, 1.82) is 0 Å². The normalized spacial score (nSPS) is 11.7. The van der Waals surface area contributed by atoms with Gasteiger partial charge in [0.15, 0.2) is 18.0 Å². The van der Waals surface area contributed by atoms with Crippen LogP contribution in [0.15, 0.2) is 36.4 Å². The summed E-state index contributed by atoms with van der Waals surface area (Å²) in [4.78, 5) is 13.4. The molecule has 140 valence electrons. The molecule has 1 unspecified atom stereocenters. The molecule has 2 N–H and O–H groups in total. The molecule has 2 aromatic rings. The van der Waals surface area contributed by atoms with Crippen LogP contribution in [0.3, 0.4) is 0 Å². The Kier molecular flexibility index (Phi) is 7.30. The monoisotopic (exact) mass is 377 g/mol. The second kappa shape index (κ2) is 9.46. The summed E-state index contributed by atoms with van der Waals surface area (Å²) >= 11 is 6.09. The van der Waals surface area contributed by atoms with E-state index in [0.717, 1.165) is 40.4 Å². The fourth-order valence-corrected chi connectivity index (χ4v) is 2.87. The molecule has 6 heteroatoms. The van der Waals surface area contributed by atoms with Gasteiger partial charge >= 0.3 is 0 Å². The minimum atomic E-state index is -0.0276. The molecule has 0 saturated heterocycles. The number of carbonyl (C=O) groups is 1. The summed E-state index contributed by atoms with van der Waals surface area (Å²) in [5.41, 5.74) is 2.79. The van der Waals surface area contributed by atoms with Gasteiger partial charge in [0.1, 0.15) is 0 Å². The highest BCUT2D eigenvalue weighted by Gasteiger charge is 2.13. The first-order chi connectivity index (χ1) is 12.4. The van der Waals surface area contributed by atoms with Gasteiger partial charge in [-0.1, -0.05) is 23.7 Å². The van der Waals surface area contributed by atoms with Crippen molar-refractivity contribution in [3.63, 3.8) is 0 Å². The minimum absolute atomic E-state index is 0.0276. The number of ether oxygens (including phenoxy) is 2. The molecule has 26 heavy (non-hydrogen) atoms. The molecule has 0 aromatic heterocycles. The highest BCUT2D eigenvalue weighted by Crippen LogP contribution is 2.27. The third-order valence-corrected chi connectivity index (χ3v) is 4.70. The largest absolute Gasteiger partial charge is 0.493 e. The number of amides is 1. The van der Waals surface area contributed by atoms with Gasteiger partial charge in [0.25, 0.3) is 5.91 Å². The van der Waals surface area contributed by atoms with Crippen molar-refractivity contribution in [2.75, 3.05) is 39.7 Å². The Morgan fingerprint density at radius 2 is 1.88 bits per heavy atom. The van der Waals surface area contributed by atoms with Gasteiger partial charge in [-0.3, -0.25) is 4.79 Å². The Morgan fingerprint density at radius 1 is 1.15 bits per heavy atom. The first kappa shape index (κ1) is 20.1. The van der Waals surface area contributed by atoms with Crippen molar-refractivity contribution in [3.8, 4) is 11.5 Å². The molecule has 1 atom stereocenters. The lowest BCUT2D eigenvalue weighted by molar-refractivity contribution is -0.870. The quantitative estimate of drug-likeness (QED) is 0.742. The summed E-state index contributed by atoms with van der Waals surface area (Å²) in [6, 6.07) is 11.4. The van der Waals surface area contributed by atoms with Crippen LogP contribution in [0.4, 0.5) is 5.69 Å². The predicted octanol–water partition coefficient (Wildman–Crippen LogP) is 2.36. The fraction of sp³-hybridized carbons (Fsp3) is 0.350. The molecule has 0 aliphatic carbocycles. The molecule has 1 amide bonds. The van der Waals surface area contributed by atoms with Crippen molar-refractivity contribution in [1.82, 2.24) is 0 Å². The average molecular weight is 378 g/mol. The molecule has 2 rings (SSSR count). The molecule has 5 nitrogen and oxygen atoms in total. The van der Waals surface area contributed by atoms with Crippen molar-refractivity contribution in [2.45, 2.75) is 13.3 Å². The van der Waals surface area contributed by atoms with Gasteiger partial charge in [-0.15, -0.1) is 0 Å². The Bertz CT molecular complexity index is 765. The van der Waals surface area contributed by atoms with Crippen LogP contribution in [0.2, 0.25) is 5.02 Å². The van der Waals surface area contributed by atoms with Crippen LogP contribution in [0.5, 0.6) is 11.5 Å². The molecular formula is C20H26ClN2O3+. The minimum Gasteiger partial charge on any atom is -0.493 e. The fourth-order valence-electron chi connectivity index (χ4n) is 2.69. The molecule has 0 aliphatic rings. The molecule has 0 saturated carbocycles. The zero-order valence-corrected chi connectivity index (χ0v) is 16.4. The SMILES string of the molecule is COc1ccc(CC[NH+](C)CC(=O)Nc2cccc(Cl)c2C)cc1OC. The van der Waals surface area contributed by atoms with E-state index >= 15 is 0 Å². The number of rotatable bonds is 8. The van der Waals surface area contributed by atoms with Gasteiger partial charge in [0.2, 0.25) is 0 Å². The second-order valence-corrected chi connectivity index (χ2v) is 6.69. The van der Waals surface area contributed by atoms with Crippen molar-refractivity contribution < 1.29 is 19.2 Å². The Hall–Kier alpha value is -2.24. The number of methoxy groups -OCH3 is 2.